The molecule has 0 spiro atoms. The molecule has 2 heterocycles. The quantitative estimate of drug-likeness (QED) is 0.651. The van der Waals surface area contributed by atoms with Crippen LogP contribution in [0, 0.1) is 12.8 Å². The smallest absolute Gasteiger partial charge is 0.410 e. The molecule has 0 aliphatic carbocycles. The van der Waals surface area contributed by atoms with Crippen LogP contribution in [0.15, 0.2) is 35.4 Å². The van der Waals surface area contributed by atoms with Crippen LogP contribution in [0.5, 0.6) is 0 Å². The van der Waals surface area contributed by atoms with Crippen LogP contribution < -0.4 is 0 Å². The largest absolute Gasteiger partial charge is 0.444 e. The summed E-state index contributed by atoms with van der Waals surface area (Å²) in [7, 11) is -3.68. The highest BCUT2D eigenvalue weighted by Gasteiger charge is 2.34. The third kappa shape index (κ3) is 5.41. The number of amides is 1. The van der Waals surface area contributed by atoms with Gasteiger partial charge < -0.3 is 9.64 Å². The van der Waals surface area contributed by atoms with Gasteiger partial charge in [0.05, 0.1) is 10.4 Å². The van der Waals surface area contributed by atoms with E-state index >= 15 is 0 Å². The molecule has 2 aromatic rings. The summed E-state index contributed by atoms with van der Waals surface area (Å²) in [4.78, 5) is 19.1. The third-order valence-electron chi connectivity index (χ3n) is 5.74. The van der Waals surface area contributed by atoms with Crippen LogP contribution in [0.25, 0.3) is 10.9 Å². The molecular weight excluding hydrogens is 426 g/mol. The summed E-state index contributed by atoms with van der Waals surface area (Å²) in [5.41, 5.74) is 1.08. The molecule has 7 nitrogen and oxygen atoms in total. The van der Waals surface area contributed by atoms with E-state index in [9.17, 15) is 13.2 Å². The summed E-state index contributed by atoms with van der Waals surface area (Å²) >= 11 is 0. The molecule has 1 saturated heterocycles. The van der Waals surface area contributed by atoms with Crippen molar-refractivity contribution in [1.82, 2.24) is 14.2 Å². The molecule has 0 radical (unpaired) electrons. The number of sulfonamides is 1. The number of benzene rings is 1. The Kier molecular flexibility index (Phi) is 7.15. The molecule has 1 atom stereocenters. The first-order valence-electron chi connectivity index (χ1n) is 11.2. The number of aryl methyl sites for hydroxylation is 1. The maximum Gasteiger partial charge on any atom is 0.410 e. The minimum atomic E-state index is -3.68. The lowest BCUT2D eigenvalue weighted by atomic mass is 9.98. The number of carbonyl (C=O) groups is 1. The zero-order valence-corrected chi connectivity index (χ0v) is 20.8. The SMILES string of the molecule is Cc1ccc(S(=O)(=O)N2CCCC(CN(C(=O)OC(C)(C)C)C(C)C)C2)c2cccnc12. The van der Waals surface area contributed by atoms with Crippen molar-refractivity contribution in [1.29, 1.82) is 0 Å². The molecule has 0 bridgehead atoms. The average molecular weight is 462 g/mol. The number of carbonyl (C=O) groups excluding carboxylic acids is 1. The van der Waals surface area contributed by atoms with Crippen molar-refractivity contribution in [3.63, 3.8) is 0 Å². The van der Waals surface area contributed by atoms with Crippen LogP contribution >= 0.6 is 0 Å². The normalized spacial score (nSPS) is 18.2. The first kappa shape index (κ1) is 24.5. The molecule has 1 aromatic carbocycles. The van der Waals surface area contributed by atoms with E-state index < -0.39 is 15.6 Å². The van der Waals surface area contributed by atoms with Gasteiger partial charge in [-0.25, -0.2) is 13.2 Å². The molecule has 32 heavy (non-hydrogen) atoms. The third-order valence-corrected chi connectivity index (χ3v) is 7.66. The topological polar surface area (TPSA) is 79.8 Å². The van der Waals surface area contributed by atoms with E-state index in [0.29, 0.717) is 35.4 Å². The molecule has 0 saturated carbocycles. The Bertz CT molecular complexity index is 1080. The number of ether oxygens (including phenoxy) is 1. The maximum atomic E-state index is 13.6. The highest BCUT2D eigenvalue weighted by atomic mass is 32.2. The molecule has 1 aromatic heterocycles. The molecular formula is C24H35N3O4S. The Labute approximate surface area is 191 Å². The van der Waals surface area contributed by atoms with Crippen molar-refractivity contribution < 1.29 is 17.9 Å². The van der Waals surface area contributed by atoms with Crippen molar-refractivity contribution in [2.75, 3.05) is 19.6 Å². The van der Waals surface area contributed by atoms with Crippen LogP contribution in [0.1, 0.15) is 53.0 Å². The van der Waals surface area contributed by atoms with Gasteiger partial charge in [0.25, 0.3) is 0 Å². The van der Waals surface area contributed by atoms with Crippen molar-refractivity contribution in [3.8, 4) is 0 Å². The Morgan fingerprint density at radius 2 is 2.00 bits per heavy atom. The molecule has 1 aliphatic rings. The Morgan fingerprint density at radius 1 is 1.28 bits per heavy atom. The van der Waals surface area contributed by atoms with Crippen molar-refractivity contribution in [3.05, 3.63) is 36.0 Å². The van der Waals surface area contributed by atoms with E-state index in [1.165, 1.54) is 0 Å². The summed E-state index contributed by atoms with van der Waals surface area (Å²) < 4.78 is 34.3. The number of piperidine rings is 1. The van der Waals surface area contributed by atoms with E-state index in [2.05, 4.69) is 4.98 Å². The van der Waals surface area contributed by atoms with Gasteiger partial charge in [-0.3, -0.25) is 4.98 Å². The predicted octanol–water partition coefficient (Wildman–Crippen LogP) is 4.59. The average Bonchev–Trinajstić information content (AvgIpc) is 2.71. The molecule has 1 unspecified atom stereocenters. The van der Waals surface area contributed by atoms with Gasteiger partial charge in [0.15, 0.2) is 0 Å². The molecule has 176 valence electrons. The zero-order valence-electron chi connectivity index (χ0n) is 20.0. The Hall–Kier alpha value is -2.19. The second-order valence-corrected chi connectivity index (χ2v) is 11.8. The summed E-state index contributed by atoms with van der Waals surface area (Å²) in [6.07, 6.45) is 2.95. The van der Waals surface area contributed by atoms with Gasteiger partial charge in [-0.05, 0) is 84.1 Å². The fourth-order valence-corrected chi connectivity index (χ4v) is 5.88. The molecule has 1 aliphatic heterocycles. The van der Waals surface area contributed by atoms with Crippen LogP contribution in [0.2, 0.25) is 0 Å². The van der Waals surface area contributed by atoms with Crippen LogP contribution in [0.3, 0.4) is 0 Å². The lowest BCUT2D eigenvalue weighted by Crippen LogP contribution is -2.48. The molecule has 1 fully saturated rings. The van der Waals surface area contributed by atoms with Crippen molar-refractivity contribution >= 4 is 27.0 Å². The van der Waals surface area contributed by atoms with Gasteiger partial charge >= 0.3 is 6.09 Å². The first-order valence-corrected chi connectivity index (χ1v) is 12.7. The van der Waals surface area contributed by atoms with Crippen molar-refractivity contribution in [2.24, 2.45) is 5.92 Å². The maximum absolute atomic E-state index is 13.6. The molecule has 8 heteroatoms. The molecule has 3 rings (SSSR count). The number of nitrogens with zero attached hydrogens (tertiary/aromatic N) is 3. The number of pyridine rings is 1. The monoisotopic (exact) mass is 461 g/mol. The highest BCUT2D eigenvalue weighted by molar-refractivity contribution is 7.89. The lowest BCUT2D eigenvalue weighted by Gasteiger charge is -2.37. The fourth-order valence-electron chi connectivity index (χ4n) is 4.14. The van der Waals surface area contributed by atoms with E-state index in [0.717, 1.165) is 18.4 Å². The van der Waals surface area contributed by atoms with E-state index in [1.807, 2.05) is 53.7 Å². The fraction of sp³-hybridized carbons (Fsp3) is 0.583. The van der Waals surface area contributed by atoms with Gasteiger partial charge in [0.2, 0.25) is 10.0 Å². The Balaban J connectivity index is 1.82. The Morgan fingerprint density at radius 3 is 2.66 bits per heavy atom. The van der Waals surface area contributed by atoms with Gasteiger partial charge in [0, 0.05) is 37.3 Å². The lowest BCUT2D eigenvalue weighted by molar-refractivity contribution is 0.0138. The summed E-state index contributed by atoms with van der Waals surface area (Å²) in [5, 5.41) is 0.646. The second kappa shape index (κ2) is 9.35. The minimum absolute atomic E-state index is 0.0380. The number of fused-ring (bicyclic) bond motifs is 1. The second-order valence-electron chi connectivity index (χ2n) is 9.88. The van der Waals surface area contributed by atoms with Crippen LogP contribution in [-0.4, -0.2) is 60.0 Å². The van der Waals surface area contributed by atoms with E-state index in [1.54, 1.807) is 27.5 Å². The number of hydrogen-bond donors (Lipinski definition) is 0. The standard InChI is InChI=1S/C24H35N3O4S/c1-17(2)27(23(28)31-24(4,5)6)16-19-9-8-14-26(15-19)32(29,30)21-12-11-18(3)22-20(21)10-7-13-25-22/h7,10-13,17,19H,8-9,14-16H2,1-6H3. The van der Waals surface area contributed by atoms with Gasteiger partial charge in [0.1, 0.15) is 5.60 Å². The minimum Gasteiger partial charge on any atom is -0.444 e. The summed E-state index contributed by atoms with van der Waals surface area (Å²) in [6, 6.07) is 7.03. The van der Waals surface area contributed by atoms with Crippen LogP contribution in [-0.2, 0) is 14.8 Å². The summed E-state index contributed by atoms with van der Waals surface area (Å²) in [6.45, 7) is 12.7. The first-order chi connectivity index (χ1) is 14.9. The molecule has 1 amide bonds. The van der Waals surface area contributed by atoms with E-state index in [4.69, 9.17) is 4.74 Å². The van der Waals surface area contributed by atoms with Gasteiger partial charge in [-0.15, -0.1) is 0 Å². The summed E-state index contributed by atoms with van der Waals surface area (Å²) in [5.74, 6) is 0.0447. The number of aromatic nitrogens is 1. The van der Waals surface area contributed by atoms with Crippen molar-refractivity contribution in [2.45, 2.75) is 70.9 Å². The van der Waals surface area contributed by atoms with Crippen LogP contribution in [0.4, 0.5) is 4.79 Å². The predicted molar refractivity (Wildman–Crippen MR) is 126 cm³/mol. The number of hydrogen-bond acceptors (Lipinski definition) is 5. The molecule has 0 N–H and O–H groups in total. The zero-order chi connectivity index (χ0) is 23.7. The number of rotatable bonds is 5. The van der Waals surface area contributed by atoms with E-state index in [-0.39, 0.29) is 18.1 Å². The highest BCUT2D eigenvalue weighted by Crippen LogP contribution is 2.30. The van der Waals surface area contributed by atoms with Gasteiger partial charge in [-0.2, -0.15) is 4.31 Å². The van der Waals surface area contributed by atoms with Gasteiger partial charge in [-0.1, -0.05) is 6.07 Å².